The third kappa shape index (κ3) is 3.38. The lowest BCUT2D eigenvalue weighted by molar-refractivity contribution is 0.262. The molecule has 3 nitrogen and oxygen atoms in total. The number of hydrogen-bond acceptors (Lipinski definition) is 3. The van der Waals surface area contributed by atoms with Gasteiger partial charge in [0.15, 0.2) is 0 Å². The van der Waals surface area contributed by atoms with E-state index in [-0.39, 0.29) is 12.5 Å². The summed E-state index contributed by atoms with van der Waals surface area (Å²) in [6, 6.07) is 8.07. The first-order valence-electron chi connectivity index (χ1n) is 5.03. The van der Waals surface area contributed by atoms with Crippen molar-refractivity contribution in [2.75, 3.05) is 6.61 Å². The van der Waals surface area contributed by atoms with Gasteiger partial charge in [0.25, 0.3) is 0 Å². The largest absolute Gasteiger partial charge is 0.396 e. The summed E-state index contributed by atoms with van der Waals surface area (Å²) >= 11 is 0. The first-order chi connectivity index (χ1) is 7.17. The molecule has 82 valence electrons. The summed E-state index contributed by atoms with van der Waals surface area (Å²) in [5.41, 5.74) is 5.74. The Morgan fingerprint density at radius 2 is 2.07 bits per heavy atom. The van der Waals surface area contributed by atoms with Gasteiger partial charge in [-0.2, -0.15) is 0 Å². The molecule has 0 aliphatic heterocycles. The molecule has 4 N–H and O–H groups in total. The van der Waals surface area contributed by atoms with Gasteiger partial charge in [-0.15, -0.1) is 0 Å². The van der Waals surface area contributed by atoms with E-state index in [1.165, 1.54) is 5.56 Å². The van der Waals surface area contributed by atoms with Crippen molar-refractivity contribution in [3.63, 3.8) is 0 Å². The zero-order valence-electron chi connectivity index (χ0n) is 9.20. The van der Waals surface area contributed by atoms with E-state index in [4.69, 9.17) is 10.9 Å². The molecular formula is C12H18N2O. The Hall–Kier alpha value is -1.32. The van der Waals surface area contributed by atoms with Gasteiger partial charge in [-0.05, 0) is 18.4 Å². The molecule has 1 unspecified atom stereocenters. The molecule has 3 heteroatoms. The quantitative estimate of drug-likeness (QED) is 0.516. The number of benzene rings is 1. The number of nitrogens with one attached hydrogen (secondary N) is 1. The zero-order chi connectivity index (χ0) is 11.3. The Balaban J connectivity index is 2.92. The number of aryl methyl sites for hydroxylation is 1. The lowest BCUT2D eigenvalue weighted by Crippen LogP contribution is -2.21. The smallest absolute Gasteiger partial charge is 0.0521 e. The Kier molecular flexibility index (Phi) is 4.34. The number of aliphatic hydroxyl groups excluding tert-OH is 1. The van der Waals surface area contributed by atoms with Crippen LogP contribution in [0.4, 0.5) is 0 Å². The van der Waals surface area contributed by atoms with Crippen molar-refractivity contribution in [2.45, 2.75) is 13.8 Å². The molecule has 0 aromatic heterocycles. The van der Waals surface area contributed by atoms with Crippen molar-refractivity contribution in [1.29, 1.82) is 0 Å². The molecule has 0 aliphatic rings. The molecule has 0 radical (unpaired) electrons. The summed E-state index contributed by atoms with van der Waals surface area (Å²) in [5, 5.41) is 8.96. The molecule has 0 saturated carbocycles. The predicted molar refractivity (Wildman–Crippen MR) is 62.7 cm³/mol. The van der Waals surface area contributed by atoms with Crippen molar-refractivity contribution in [2.24, 2.45) is 11.8 Å². The van der Waals surface area contributed by atoms with Crippen LogP contribution in [0.3, 0.4) is 0 Å². The van der Waals surface area contributed by atoms with Gasteiger partial charge < -0.3 is 10.5 Å². The van der Waals surface area contributed by atoms with Crippen LogP contribution in [0.1, 0.15) is 18.1 Å². The van der Waals surface area contributed by atoms with Crippen molar-refractivity contribution in [1.82, 2.24) is 5.43 Å². The second kappa shape index (κ2) is 5.53. The maximum atomic E-state index is 8.96. The molecule has 1 rings (SSSR count). The SMILES string of the molecule is Cc1ccc(/C(=C/C(C)CO)NN)cc1. The molecule has 0 amide bonds. The van der Waals surface area contributed by atoms with E-state index in [1.54, 1.807) is 0 Å². The van der Waals surface area contributed by atoms with Gasteiger partial charge in [-0.3, -0.25) is 5.84 Å². The second-order valence-electron chi connectivity index (χ2n) is 3.75. The minimum Gasteiger partial charge on any atom is -0.396 e. The normalized spacial score (nSPS) is 13.7. The van der Waals surface area contributed by atoms with Crippen molar-refractivity contribution in [3.8, 4) is 0 Å². The van der Waals surface area contributed by atoms with Crippen LogP contribution >= 0.6 is 0 Å². The van der Waals surface area contributed by atoms with Gasteiger partial charge in [0, 0.05) is 6.61 Å². The van der Waals surface area contributed by atoms with Gasteiger partial charge in [0.05, 0.1) is 5.70 Å². The minimum atomic E-state index is 0.0948. The average Bonchev–Trinajstić information content (AvgIpc) is 2.27. The lowest BCUT2D eigenvalue weighted by Gasteiger charge is -2.10. The van der Waals surface area contributed by atoms with Crippen molar-refractivity contribution >= 4 is 5.70 Å². The molecule has 1 atom stereocenters. The van der Waals surface area contributed by atoms with Crippen LogP contribution in [-0.2, 0) is 0 Å². The van der Waals surface area contributed by atoms with Gasteiger partial charge in [0.1, 0.15) is 0 Å². The Morgan fingerprint density at radius 3 is 2.53 bits per heavy atom. The molecule has 15 heavy (non-hydrogen) atoms. The van der Waals surface area contributed by atoms with E-state index in [2.05, 4.69) is 5.43 Å². The maximum Gasteiger partial charge on any atom is 0.0521 e. The van der Waals surface area contributed by atoms with E-state index in [9.17, 15) is 0 Å². The maximum absolute atomic E-state index is 8.96. The molecule has 0 bridgehead atoms. The first kappa shape index (κ1) is 11.8. The topological polar surface area (TPSA) is 58.3 Å². The summed E-state index contributed by atoms with van der Waals surface area (Å²) in [6.07, 6.45) is 1.92. The summed E-state index contributed by atoms with van der Waals surface area (Å²) < 4.78 is 0. The fourth-order valence-electron chi connectivity index (χ4n) is 1.30. The number of nitrogens with two attached hydrogens (primary N) is 1. The van der Waals surface area contributed by atoms with Gasteiger partial charge >= 0.3 is 0 Å². The highest BCUT2D eigenvalue weighted by Gasteiger charge is 2.02. The summed E-state index contributed by atoms with van der Waals surface area (Å²) in [6.45, 7) is 4.10. The zero-order valence-corrected chi connectivity index (χ0v) is 9.20. The highest BCUT2D eigenvalue weighted by molar-refractivity contribution is 5.63. The van der Waals surface area contributed by atoms with Crippen molar-refractivity contribution < 1.29 is 5.11 Å². The molecule has 1 aromatic carbocycles. The number of hydrogen-bond donors (Lipinski definition) is 3. The molecule has 0 saturated heterocycles. The van der Waals surface area contributed by atoms with Gasteiger partial charge in [-0.1, -0.05) is 42.8 Å². The van der Waals surface area contributed by atoms with Crippen LogP contribution in [0.25, 0.3) is 5.70 Å². The monoisotopic (exact) mass is 206 g/mol. The number of rotatable bonds is 4. The van der Waals surface area contributed by atoms with E-state index in [0.717, 1.165) is 11.3 Å². The molecule has 0 heterocycles. The molecule has 0 fully saturated rings. The Bertz CT molecular complexity index is 330. The summed E-state index contributed by atoms with van der Waals surface area (Å²) in [5.74, 6) is 5.54. The molecule has 1 aromatic rings. The molecular weight excluding hydrogens is 188 g/mol. The third-order valence-electron chi connectivity index (χ3n) is 2.26. The van der Waals surface area contributed by atoms with Gasteiger partial charge in [0.2, 0.25) is 0 Å². The predicted octanol–water partition coefficient (Wildman–Crippen LogP) is 1.43. The third-order valence-corrected chi connectivity index (χ3v) is 2.26. The Labute approximate surface area is 90.6 Å². The van der Waals surface area contributed by atoms with Crippen molar-refractivity contribution in [3.05, 3.63) is 41.5 Å². The van der Waals surface area contributed by atoms with Crippen LogP contribution in [-0.4, -0.2) is 11.7 Å². The van der Waals surface area contributed by atoms with Crippen LogP contribution in [0.2, 0.25) is 0 Å². The standard InChI is InChI=1S/C12H18N2O/c1-9-3-5-11(6-4-9)12(14-13)7-10(2)8-15/h3-7,10,14-15H,8,13H2,1-2H3/b12-7-. The fourth-order valence-corrected chi connectivity index (χ4v) is 1.30. The van der Waals surface area contributed by atoms with Crippen LogP contribution in [0.15, 0.2) is 30.3 Å². The summed E-state index contributed by atoms with van der Waals surface area (Å²) in [4.78, 5) is 0. The van der Waals surface area contributed by atoms with Crippen LogP contribution in [0, 0.1) is 12.8 Å². The molecule has 0 aliphatic carbocycles. The van der Waals surface area contributed by atoms with E-state index in [1.807, 2.05) is 44.2 Å². The highest BCUT2D eigenvalue weighted by Crippen LogP contribution is 2.14. The van der Waals surface area contributed by atoms with Crippen LogP contribution in [0.5, 0.6) is 0 Å². The van der Waals surface area contributed by atoms with Gasteiger partial charge in [-0.25, -0.2) is 0 Å². The summed E-state index contributed by atoms with van der Waals surface area (Å²) in [7, 11) is 0. The highest BCUT2D eigenvalue weighted by atomic mass is 16.3. The van der Waals surface area contributed by atoms with E-state index in [0.29, 0.717) is 0 Å². The number of hydrazine groups is 1. The fraction of sp³-hybridized carbons (Fsp3) is 0.333. The lowest BCUT2D eigenvalue weighted by atomic mass is 10.1. The number of aliphatic hydroxyl groups is 1. The molecule has 0 spiro atoms. The second-order valence-corrected chi connectivity index (χ2v) is 3.75. The first-order valence-corrected chi connectivity index (χ1v) is 5.03. The van der Waals surface area contributed by atoms with E-state index >= 15 is 0 Å². The minimum absolute atomic E-state index is 0.0948. The van der Waals surface area contributed by atoms with Crippen LogP contribution < -0.4 is 11.3 Å². The Morgan fingerprint density at radius 1 is 1.47 bits per heavy atom. The average molecular weight is 206 g/mol. The van der Waals surface area contributed by atoms with E-state index < -0.39 is 0 Å².